The largest absolute Gasteiger partial charge is 0.355 e. The summed E-state index contributed by atoms with van der Waals surface area (Å²) in [5, 5.41) is 3.72. The van der Waals surface area contributed by atoms with Crippen molar-refractivity contribution in [1.29, 1.82) is 0 Å². The van der Waals surface area contributed by atoms with E-state index in [1.165, 1.54) is 0 Å². The summed E-state index contributed by atoms with van der Waals surface area (Å²) >= 11 is 5.87. The fraction of sp³-hybridized carbons (Fsp3) is 0.400. The second-order valence-electron chi connectivity index (χ2n) is 4.70. The number of benzene rings is 1. The first-order chi connectivity index (χ1) is 8.69. The van der Waals surface area contributed by atoms with Crippen LogP contribution in [0.3, 0.4) is 0 Å². The van der Waals surface area contributed by atoms with Crippen LogP contribution < -0.4 is 5.32 Å². The van der Waals surface area contributed by atoms with Crippen molar-refractivity contribution in [2.75, 3.05) is 6.54 Å². The zero-order chi connectivity index (χ0) is 13.0. The predicted octanol–water partition coefficient (Wildman–Crippen LogP) is 3.45. The molecule has 1 saturated carbocycles. The molecule has 3 heteroatoms. The number of rotatable bonds is 5. The van der Waals surface area contributed by atoms with Crippen molar-refractivity contribution in [2.45, 2.75) is 31.6 Å². The van der Waals surface area contributed by atoms with Crippen LogP contribution in [0.25, 0.3) is 0 Å². The van der Waals surface area contributed by atoms with Gasteiger partial charge in [-0.05, 0) is 43.9 Å². The molecule has 1 aliphatic rings. The van der Waals surface area contributed by atoms with E-state index >= 15 is 0 Å². The van der Waals surface area contributed by atoms with Gasteiger partial charge in [-0.1, -0.05) is 35.9 Å². The summed E-state index contributed by atoms with van der Waals surface area (Å²) in [7, 11) is 0. The van der Waals surface area contributed by atoms with Crippen LogP contribution in [-0.2, 0) is 10.2 Å². The molecule has 1 amide bonds. The van der Waals surface area contributed by atoms with E-state index in [1.807, 2.05) is 37.3 Å². The lowest BCUT2D eigenvalue weighted by Gasteiger charge is -2.15. The molecule has 1 fully saturated rings. The van der Waals surface area contributed by atoms with E-state index in [0.29, 0.717) is 11.6 Å². The van der Waals surface area contributed by atoms with E-state index in [9.17, 15) is 4.79 Å². The lowest BCUT2D eigenvalue weighted by molar-refractivity contribution is -0.123. The number of allylic oxidation sites excluding steroid dienone is 1. The third kappa shape index (κ3) is 2.75. The van der Waals surface area contributed by atoms with Gasteiger partial charge < -0.3 is 5.32 Å². The van der Waals surface area contributed by atoms with Crippen LogP contribution in [0.5, 0.6) is 0 Å². The second-order valence-corrected chi connectivity index (χ2v) is 5.14. The van der Waals surface area contributed by atoms with Crippen LogP contribution in [0.2, 0.25) is 5.02 Å². The normalized spacial score (nSPS) is 16.8. The third-order valence-corrected chi connectivity index (χ3v) is 3.67. The fourth-order valence-electron chi connectivity index (χ4n) is 2.15. The molecule has 0 heterocycles. The summed E-state index contributed by atoms with van der Waals surface area (Å²) < 4.78 is 0. The number of carbonyl (C=O) groups excluding carboxylic acids is 1. The molecular formula is C15H18ClNO. The van der Waals surface area contributed by atoms with E-state index in [0.717, 1.165) is 24.8 Å². The Bertz CT molecular complexity index is 446. The molecule has 1 aromatic rings. The Balaban J connectivity index is 1.98. The molecule has 2 nitrogen and oxygen atoms in total. The third-order valence-electron chi connectivity index (χ3n) is 3.41. The van der Waals surface area contributed by atoms with Gasteiger partial charge in [0.1, 0.15) is 0 Å². The lowest BCUT2D eigenvalue weighted by atomic mass is 9.95. The summed E-state index contributed by atoms with van der Waals surface area (Å²) in [4.78, 5) is 12.2. The Morgan fingerprint density at radius 1 is 1.39 bits per heavy atom. The molecule has 18 heavy (non-hydrogen) atoms. The number of halogens is 1. The molecule has 1 N–H and O–H groups in total. The van der Waals surface area contributed by atoms with E-state index in [-0.39, 0.29) is 11.3 Å². The Morgan fingerprint density at radius 2 is 2.06 bits per heavy atom. The monoisotopic (exact) mass is 263 g/mol. The molecule has 0 aromatic heterocycles. The average Bonchev–Trinajstić information content (AvgIpc) is 3.17. The SMILES string of the molecule is C/C=C/CCNC(=O)C1(c2ccc(Cl)cc2)CC1. The van der Waals surface area contributed by atoms with Crippen LogP contribution in [-0.4, -0.2) is 12.5 Å². The molecule has 0 atom stereocenters. The summed E-state index contributed by atoms with van der Waals surface area (Å²) in [6.07, 6.45) is 6.81. The molecule has 1 aromatic carbocycles. The lowest BCUT2D eigenvalue weighted by Crippen LogP contribution is -2.35. The Labute approximate surface area is 113 Å². The van der Waals surface area contributed by atoms with Crippen LogP contribution >= 0.6 is 11.6 Å². The topological polar surface area (TPSA) is 29.1 Å². The smallest absolute Gasteiger partial charge is 0.230 e. The second kappa shape index (κ2) is 5.57. The minimum Gasteiger partial charge on any atom is -0.355 e. The molecule has 0 unspecified atom stereocenters. The highest BCUT2D eigenvalue weighted by molar-refractivity contribution is 6.30. The molecule has 0 aliphatic heterocycles. The van der Waals surface area contributed by atoms with E-state index in [4.69, 9.17) is 11.6 Å². The summed E-state index contributed by atoms with van der Waals surface area (Å²) in [6, 6.07) is 7.62. The fourth-order valence-corrected chi connectivity index (χ4v) is 2.27. The first-order valence-corrected chi connectivity index (χ1v) is 6.72. The minimum atomic E-state index is -0.291. The Morgan fingerprint density at radius 3 is 2.61 bits per heavy atom. The highest BCUT2D eigenvalue weighted by atomic mass is 35.5. The van der Waals surface area contributed by atoms with Gasteiger partial charge in [0.2, 0.25) is 5.91 Å². The number of amides is 1. The Kier molecular flexibility index (Phi) is 4.07. The van der Waals surface area contributed by atoms with Crippen molar-refractivity contribution in [3.8, 4) is 0 Å². The van der Waals surface area contributed by atoms with Crippen molar-refractivity contribution in [3.05, 3.63) is 47.0 Å². The number of carbonyl (C=O) groups is 1. The Hall–Kier alpha value is -1.28. The van der Waals surface area contributed by atoms with Crippen LogP contribution in [0.1, 0.15) is 31.7 Å². The molecular weight excluding hydrogens is 246 g/mol. The first-order valence-electron chi connectivity index (χ1n) is 6.34. The van der Waals surface area contributed by atoms with E-state index < -0.39 is 0 Å². The molecule has 0 bridgehead atoms. The zero-order valence-corrected chi connectivity index (χ0v) is 11.3. The van der Waals surface area contributed by atoms with Gasteiger partial charge in [-0.25, -0.2) is 0 Å². The van der Waals surface area contributed by atoms with Gasteiger partial charge in [0.05, 0.1) is 5.41 Å². The van der Waals surface area contributed by atoms with Crippen molar-refractivity contribution in [1.82, 2.24) is 5.32 Å². The summed E-state index contributed by atoms with van der Waals surface area (Å²) in [6.45, 7) is 2.69. The van der Waals surface area contributed by atoms with Crippen molar-refractivity contribution in [3.63, 3.8) is 0 Å². The minimum absolute atomic E-state index is 0.148. The van der Waals surface area contributed by atoms with Crippen LogP contribution in [0.4, 0.5) is 0 Å². The molecule has 0 saturated heterocycles. The maximum Gasteiger partial charge on any atom is 0.230 e. The summed E-state index contributed by atoms with van der Waals surface area (Å²) in [5.41, 5.74) is 0.788. The molecule has 2 rings (SSSR count). The van der Waals surface area contributed by atoms with Gasteiger partial charge in [-0.15, -0.1) is 0 Å². The number of hydrogen-bond acceptors (Lipinski definition) is 1. The number of hydrogen-bond donors (Lipinski definition) is 1. The molecule has 1 aliphatic carbocycles. The van der Waals surface area contributed by atoms with E-state index in [2.05, 4.69) is 11.4 Å². The molecule has 0 radical (unpaired) electrons. The van der Waals surface area contributed by atoms with Crippen molar-refractivity contribution in [2.24, 2.45) is 0 Å². The maximum absolute atomic E-state index is 12.2. The standard InChI is InChI=1S/C15H18ClNO/c1-2-3-4-11-17-14(18)15(9-10-15)12-5-7-13(16)8-6-12/h2-3,5-8H,4,9-11H2,1H3,(H,17,18)/b3-2+. The van der Waals surface area contributed by atoms with Gasteiger partial charge in [-0.3, -0.25) is 4.79 Å². The van der Waals surface area contributed by atoms with Crippen LogP contribution in [0.15, 0.2) is 36.4 Å². The zero-order valence-electron chi connectivity index (χ0n) is 10.6. The van der Waals surface area contributed by atoms with Gasteiger partial charge in [0, 0.05) is 11.6 Å². The maximum atomic E-state index is 12.2. The average molecular weight is 264 g/mol. The molecule has 96 valence electrons. The van der Waals surface area contributed by atoms with Crippen LogP contribution in [0, 0.1) is 0 Å². The number of nitrogens with one attached hydrogen (secondary N) is 1. The highest BCUT2D eigenvalue weighted by Gasteiger charge is 2.50. The van der Waals surface area contributed by atoms with Gasteiger partial charge in [0.15, 0.2) is 0 Å². The quantitative estimate of drug-likeness (QED) is 0.640. The van der Waals surface area contributed by atoms with Gasteiger partial charge >= 0.3 is 0 Å². The van der Waals surface area contributed by atoms with Gasteiger partial charge in [-0.2, -0.15) is 0 Å². The van der Waals surface area contributed by atoms with E-state index in [1.54, 1.807) is 0 Å². The van der Waals surface area contributed by atoms with Crippen molar-refractivity contribution < 1.29 is 4.79 Å². The van der Waals surface area contributed by atoms with Crippen molar-refractivity contribution >= 4 is 17.5 Å². The highest BCUT2D eigenvalue weighted by Crippen LogP contribution is 2.48. The predicted molar refractivity (Wildman–Crippen MR) is 74.8 cm³/mol. The first kappa shape index (κ1) is 13.2. The van der Waals surface area contributed by atoms with Gasteiger partial charge in [0.25, 0.3) is 0 Å². The summed E-state index contributed by atoms with van der Waals surface area (Å²) in [5.74, 6) is 0.148. The molecule has 0 spiro atoms.